The van der Waals surface area contributed by atoms with Gasteiger partial charge >= 0.3 is 6.18 Å². The molecule has 2 fully saturated rings. The largest absolute Gasteiger partial charge is 0.416 e. The summed E-state index contributed by atoms with van der Waals surface area (Å²) in [7, 11) is 1.94. The number of nitrogens with one attached hydrogen (secondary N) is 1. The first-order chi connectivity index (χ1) is 20.1. The Kier molecular flexibility index (Phi) is 6.45. The first-order valence-corrected chi connectivity index (χ1v) is 14.9. The predicted octanol–water partition coefficient (Wildman–Crippen LogP) is 6.57. The molecule has 4 heterocycles. The summed E-state index contributed by atoms with van der Waals surface area (Å²) in [6.07, 6.45) is 4.97. The average molecular weight is 577 g/mol. The Morgan fingerprint density at radius 1 is 1.12 bits per heavy atom. The summed E-state index contributed by atoms with van der Waals surface area (Å²) < 4.78 is 45.4. The Morgan fingerprint density at radius 3 is 2.64 bits per heavy atom. The van der Waals surface area contributed by atoms with E-state index >= 15 is 0 Å². The van der Waals surface area contributed by atoms with Crippen molar-refractivity contribution >= 4 is 22.5 Å². The number of nitrogens with zero attached hydrogens (tertiary/aromatic N) is 5. The fourth-order valence-electron chi connectivity index (χ4n) is 7.67. The van der Waals surface area contributed by atoms with E-state index in [0.717, 1.165) is 73.9 Å². The van der Waals surface area contributed by atoms with Crippen LogP contribution in [-0.4, -0.2) is 43.6 Å². The summed E-state index contributed by atoms with van der Waals surface area (Å²) in [6.45, 7) is 4.16. The second-order valence-corrected chi connectivity index (χ2v) is 12.5. The molecule has 7 nitrogen and oxygen atoms in total. The highest BCUT2D eigenvalue weighted by Crippen LogP contribution is 2.48. The molecule has 7 rings (SSSR count). The Morgan fingerprint density at radius 2 is 1.93 bits per heavy atom. The zero-order chi connectivity index (χ0) is 29.2. The molecule has 1 atom stereocenters. The third-order valence-electron chi connectivity index (χ3n) is 9.63. The van der Waals surface area contributed by atoms with Gasteiger partial charge in [0.15, 0.2) is 0 Å². The summed E-state index contributed by atoms with van der Waals surface area (Å²) in [5.41, 5.74) is 2.01. The number of piperidine rings is 1. The Bertz CT molecular complexity index is 1660. The van der Waals surface area contributed by atoms with Crippen molar-refractivity contribution in [2.45, 2.75) is 70.1 Å². The van der Waals surface area contributed by atoms with Crippen LogP contribution in [0.2, 0.25) is 0 Å². The number of likely N-dealkylation sites (tertiary alicyclic amines) is 1. The quantitative estimate of drug-likeness (QED) is 0.292. The van der Waals surface area contributed by atoms with Gasteiger partial charge in [-0.1, -0.05) is 19.8 Å². The minimum Gasteiger partial charge on any atom is -0.359 e. The van der Waals surface area contributed by atoms with E-state index in [0.29, 0.717) is 23.7 Å². The van der Waals surface area contributed by atoms with Gasteiger partial charge in [-0.15, -0.1) is 10.2 Å². The first kappa shape index (κ1) is 27.2. The van der Waals surface area contributed by atoms with Gasteiger partial charge in [0.05, 0.1) is 28.7 Å². The van der Waals surface area contributed by atoms with Crippen molar-refractivity contribution < 1.29 is 18.0 Å². The summed E-state index contributed by atoms with van der Waals surface area (Å²) in [5.74, 6) is 0.983. The number of fused-ring (bicyclic) bond motifs is 2. The van der Waals surface area contributed by atoms with Gasteiger partial charge in [-0.2, -0.15) is 13.2 Å². The summed E-state index contributed by atoms with van der Waals surface area (Å²) >= 11 is 0. The maximum Gasteiger partial charge on any atom is 0.416 e. The minimum atomic E-state index is -4.56. The van der Waals surface area contributed by atoms with Gasteiger partial charge in [-0.05, 0) is 85.2 Å². The van der Waals surface area contributed by atoms with Crippen molar-refractivity contribution in [2.24, 2.45) is 13.0 Å². The zero-order valence-electron chi connectivity index (χ0n) is 24.0. The van der Waals surface area contributed by atoms with Gasteiger partial charge in [0.25, 0.3) is 5.91 Å². The van der Waals surface area contributed by atoms with Crippen LogP contribution in [0.1, 0.15) is 83.9 Å². The molecule has 1 N–H and O–H groups in total. The van der Waals surface area contributed by atoms with Crippen LogP contribution >= 0.6 is 0 Å². The third-order valence-corrected chi connectivity index (χ3v) is 9.63. The van der Waals surface area contributed by atoms with Crippen LogP contribution in [0.4, 0.5) is 18.9 Å². The van der Waals surface area contributed by atoms with E-state index in [1.807, 2.05) is 29.9 Å². The average Bonchev–Trinajstić information content (AvgIpc) is 3.75. The number of aryl methyl sites for hydroxylation is 1. The highest BCUT2D eigenvalue weighted by molar-refractivity contribution is 6.13. The molecule has 0 radical (unpaired) electrons. The lowest BCUT2D eigenvalue weighted by molar-refractivity contribution is -0.138. The number of anilines is 1. The van der Waals surface area contributed by atoms with E-state index in [1.165, 1.54) is 11.0 Å². The van der Waals surface area contributed by atoms with Gasteiger partial charge in [-0.25, -0.2) is 0 Å². The number of amides is 1. The molecule has 10 heteroatoms. The lowest BCUT2D eigenvalue weighted by Gasteiger charge is -2.31. The van der Waals surface area contributed by atoms with E-state index in [-0.39, 0.29) is 23.1 Å². The van der Waals surface area contributed by atoms with E-state index in [1.54, 1.807) is 12.4 Å². The smallest absolute Gasteiger partial charge is 0.359 e. The lowest BCUT2D eigenvalue weighted by atomic mass is 9.77. The van der Waals surface area contributed by atoms with Crippen molar-refractivity contribution in [3.8, 4) is 0 Å². The van der Waals surface area contributed by atoms with Crippen molar-refractivity contribution in [2.75, 3.05) is 18.0 Å². The van der Waals surface area contributed by atoms with Gasteiger partial charge in [-0.3, -0.25) is 9.69 Å². The van der Waals surface area contributed by atoms with E-state index in [4.69, 9.17) is 0 Å². The normalized spacial score (nSPS) is 21.0. The van der Waals surface area contributed by atoms with Gasteiger partial charge in [0, 0.05) is 37.3 Å². The molecule has 1 amide bonds. The molecule has 3 aliphatic rings. The van der Waals surface area contributed by atoms with Crippen LogP contribution in [-0.2, 0) is 31.7 Å². The number of hydrogen-bond acceptors (Lipinski definition) is 4. The Labute approximate surface area is 242 Å². The van der Waals surface area contributed by atoms with E-state index < -0.39 is 17.6 Å². The number of carbonyl (C=O) groups excluding carboxylic acids is 1. The number of hydrogen-bond donors (Lipinski definition) is 1. The number of aromatic nitrogens is 4. The maximum absolute atomic E-state index is 14.5. The van der Waals surface area contributed by atoms with Gasteiger partial charge < -0.3 is 14.5 Å². The molecule has 220 valence electrons. The van der Waals surface area contributed by atoms with Crippen LogP contribution in [0, 0.1) is 5.92 Å². The van der Waals surface area contributed by atoms with Crippen molar-refractivity contribution in [3.63, 3.8) is 0 Å². The molecule has 2 aliphatic heterocycles. The number of halogens is 3. The molecule has 2 aromatic heterocycles. The Balaban J connectivity index is 1.32. The van der Waals surface area contributed by atoms with Crippen molar-refractivity contribution in [1.82, 2.24) is 24.6 Å². The molecular weight excluding hydrogens is 541 g/mol. The van der Waals surface area contributed by atoms with Crippen molar-refractivity contribution in [3.05, 3.63) is 76.5 Å². The zero-order valence-corrected chi connectivity index (χ0v) is 24.0. The van der Waals surface area contributed by atoms with Crippen LogP contribution in [0.25, 0.3) is 10.9 Å². The van der Waals surface area contributed by atoms with E-state index in [2.05, 4.69) is 33.1 Å². The summed E-state index contributed by atoms with van der Waals surface area (Å²) in [4.78, 5) is 21.0. The van der Waals surface area contributed by atoms with Crippen LogP contribution in [0.3, 0.4) is 0 Å². The maximum atomic E-state index is 14.5. The lowest BCUT2D eigenvalue weighted by Crippen LogP contribution is -2.33. The molecule has 0 unspecified atom stereocenters. The highest BCUT2D eigenvalue weighted by atomic mass is 19.4. The number of rotatable bonds is 5. The van der Waals surface area contributed by atoms with E-state index in [9.17, 15) is 18.0 Å². The summed E-state index contributed by atoms with van der Waals surface area (Å²) in [6, 6.07) is 9.03. The number of carbonyl (C=O) groups is 1. The standard InChI is InChI=1S/C32H35F3N6O/c1-20-6-5-11-40(16-20)17-21-12-24-25(26(13-21)32(33,34)35)18-41(29(24)42)27-15-23(14-22-7-10-36-28(22)27)31(8-3-4-9-31)30-38-37-19-39(30)2/h7,10,12-15,19-20,36H,3-6,8-9,11,16-18H2,1-2H3/t20-/m0/s1. The molecule has 1 aliphatic carbocycles. The third kappa shape index (κ3) is 4.42. The first-order valence-electron chi connectivity index (χ1n) is 14.9. The van der Waals surface area contributed by atoms with Gasteiger partial charge in [0.2, 0.25) is 0 Å². The second kappa shape index (κ2) is 9.97. The van der Waals surface area contributed by atoms with Crippen LogP contribution < -0.4 is 4.90 Å². The fourth-order valence-corrected chi connectivity index (χ4v) is 7.67. The number of alkyl halides is 3. The molecule has 42 heavy (non-hydrogen) atoms. The number of H-pyrrole nitrogens is 1. The molecule has 2 aromatic carbocycles. The molecule has 1 saturated carbocycles. The highest BCUT2D eigenvalue weighted by Gasteiger charge is 2.44. The van der Waals surface area contributed by atoms with Crippen LogP contribution in [0.15, 0.2) is 42.9 Å². The molecule has 0 spiro atoms. The topological polar surface area (TPSA) is 70.1 Å². The number of aromatic amines is 1. The van der Waals surface area contributed by atoms with Crippen LogP contribution in [0.5, 0.6) is 0 Å². The molecule has 0 bridgehead atoms. The molecule has 1 saturated heterocycles. The summed E-state index contributed by atoms with van der Waals surface area (Å²) in [5, 5.41) is 9.54. The number of benzene rings is 2. The second-order valence-electron chi connectivity index (χ2n) is 12.5. The van der Waals surface area contributed by atoms with Crippen molar-refractivity contribution in [1.29, 1.82) is 0 Å². The Hall–Kier alpha value is -3.66. The fraction of sp³-hybridized carbons (Fsp3) is 0.469. The monoisotopic (exact) mass is 576 g/mol. The SMILES string of the molecule is C[C@H]1CCCN(Cc2cc3c(c(C(F)(F)F)c2)CN(c2cc(C4(c5nncn5C)CCCC4)cc4cc[nH]c24)C3=O)C1. The minimum absolute atomic E-state index is 0.0530. The predicted molar refractivity (Wildman–Crippen MR) is 154 cm³/mol. The molecular formula is C32H35F3N6O. The molecule has 4 aromatic rings. The van der Waals surface area contributed by atoms with Gasteiger partial charge in [0.1, 0.15) is 12.2 Å².